The zero-order valence-corrected chi connectivity index (χ0v) is 197. The van der Waals surface area contributed by atoms with Gasteiger partial charge in [-0.1, -0.05) is 17.9 Å². The second kappa shape index (κ2) is 100. The Morgan fingerprint density at radius 3 is 0.164 bits per heavy atom. The molecule has 68 atom stereocenters. The fraction of sp³-hybridized carbons (Fsp3) is 0. The van der Waals surface area contributed by atoms with Gasteiger partial charge in [0.1, 0.15) is 0 Å². The minimum absolute atomic E-state index is 0.558. The summed E-state index contributed by atoms with van der Waals surface area (Å²) in [6.07, 6.45) is 0. The maximum atomic E-state index is 4.94. The second-order valence-electron chi connectivity index (χ2n) is 20.5. The third-order valence-corrected chi connectivity index (χ3v) is 926. The molecule has 768 valence electrons. The van der Waals surface area contributed by atoms with E-state index in [1.165, 1.54) is 0 Å². The molecular weight excluding hydrogens is 3960 g/mol. The van der Waals surface area contributed by atoms with Gasteiger partial charge in [0.2, 0.25) is 0 Å². The predicted octanol–water partition coefficient (Wildman–Crippen LogP) is 76.0. The van der Waals surface area contributed by atoms with E-state index in [1.807, 2.05) is 0 Å². The van der Waals surface area contributed by atoms with Crippen LogP contribution in [0, 0.1) is 0 Å². The van der Waals surface area contributed by atoms with Crippen LogP contribution in [0.1, 0.15) is 0 Å². The van der Waals surface area contributed by atoms with Crippen molar-refractivity contribution in [2.24, 2.45) is 0 Å². The van der Waals surface area contributed by atoms with Crippen LogP contribution in [0.4, 0.5) is 0 Å². The third-order valence-electron chi connectivity index (χ3n) is 11.4. The van der Waals surface area contributed by atoms with E-state index in [4.69, 9.17) is 17.9 Å². The minimum Gasteiger partial charge on any atom is -0.102 e. The van der Waals surface area contributed by atoms with Gasteiger partial charge < -0.3 is 0 Å². The van der Waals surface area contributed by atoms with E-state index in [0.29, 0.717) is 0 Å². The van der Waals surface area contributed by atoms with E-state index in [2.05, 4.69) is 562 Å². The molecule has 0 amide bonds. The summed E-state index contributed by atoms with van der Waals surface area (Å²) < 4.78 is 0. The summed E-state index contributed by atoms with van der Waals surface area (Å²) in [7, 11) is 258. The van der Waals surface area contributed by atoms with Gasteiger partial charge in [0.15, 0.2) is 0 Å². The molecule has 0 aliphatic heterocycles. The van der Waals surface area contributed by atoms with Crippen LogP contribution in [0.2, 0.25) is 0 Å². The van der Waals surface area contributed by atoms with Gasteiger partial charge in [-0.15, -0.1) is 562 Å². The molecule has 0 aromatic heterocycles. The molecule has 0 fully saturated rings. The van der Waals surface area contributed by atoms with Crippen LogP contribution in [0.3, 0.4) is 0 Å². The van der Waals surface area contributed by atoms with Gasteiger partial charge in [-0.25, -0.2) is 0 Å². The first-order chi connectivity index (χ1) is 58.2. The Kier molecular flexibility index (Phi) is 143. The van der Waals surface area contributed by atoms with Gasteiger partial charge in [-0.05, 0) is 440 Å². The molecule has 0 heterocycles. The highest BCUT2D eigenvalue weighted by molar-refractivity contribution is 9.64. The van der Waals surface area contributed by atoms with Crippen LogP contribution in [0.5, 0.6) is 0 Å². The molecule has 128 heteroatoms. The van der Waals surface area contributed by atoms with Crippen molar-refractivity contribution < 1.29 is 0 Å². The first kappa shape index (κ1) is 183. The van der Waals surface area contributed by atoms with Gasteiger partial charge in [0.05, 0.1) is 0 Å². The van der Waals surface area contributed by atoms with Crippen molar-refractivity contribution >= 4 is 1020 Å². The van der Waals surface area contributed by atoms with E-state index in [-0.39, 0.29) is 0 Å². The molecule has 0 aromatic rings. The normalized spacial score (nSPS) is 15.9. The standard InChI is InChI=1S/H128P128/c1-66(2)98(65)114(97(63)64)122(113(95(59)60)96(61)62)126(121(111(91(51)52)92(53)54)112(93(55)56)94(57)58)128(125(119(107(83(35)36)84(37)38)108(85(39)40)86(41)42)120(109(87(43)44)88(45)46)110(89(47)48)90(49)50)127(123(115(99(67(3)4)68(5)6)100(69(7)8)70(9)10)116(101(71(11)12)72(13)14)102(73(15)16)74(17)18)124(117(103(75(19)20)76(21)22)104(77(23)24)78(25)26)118(105(79(27)28)80(29)30)106(81(31)32)82(33)34/h1-2H,3-65H2. The van der Waals surface area contributed by atoms with E-state index in [1.54, 1.807) is 0 Å². The molecule has 0 N–H and O–H groups in total. The summed E-state index contributed by atoms with van der Waals surface area (Å²) in [5.41, 5.74) is 0. The molecule has 0 aliphatic rings. The van der Waals surface area contributed by atoms with Crippen molar-refractivity contribution in [1.82, 2.24) is 0 Å². The SMILES string of the molecule is [PH]P([PH])P(P)P(P(P)P)P(P(P(P)P)P(P)P)P(P(P(P(P)P)P(P)P)P(P(P)P)P(P)P)P(P(P(P(P(P)P)P(P)P)P(P(P)P)P(P)P)P(P(P(P)P)P(P)P)P(P(P)P)P(P)P)P(P(P(P(P(P)P)P(P)P)P(P(P)P)P(P)P)P(P(P(P)P)P(P)P)P(P(P)P)P(P)P)P(P(P(P(P)P)P(P)P)P(P(P)P)P(P)P)P(P(P(P)P)P(P)P)P(P(P)P)P(P)P. The smallest absolute Gasteiger partial charge is 0.000000156 e. The lowest BCUT2D eigenvalue weighted by Gasteiger charge is -2.66. The molecule has 0 saturated carbocycles. The van der Waals surface area contributed by atoms with Crippen LogP contribution in [0.15, 0.2) is 0 Å². The Hall–Kier alpha value is 55.0. The first-order valence-electron chi connectivity index (χ1n) is 29.1. The minimum atomic E-state index is -0.902. The van der Waals surface area contributed by atoms with Crippen molar-refractivity contribution in [2.75, 3.05) is 0 Å². The number of hydrogen-bond acceptors (Lipinski definition) is 0. The molecule has 68 unspecified atom stereocenters. The van der Waals surface area contributed by atoms with Crippen molar-refractivity contribution in [3.63, 3.8) is 0 Å². The fourth-order valence-electron chi connectivity index (χ4n) is 7.93. The van der Waals surface area contributed by atoms with Gasteiger partial charge >= 0.3 is 0 Å². The molecule has 0 nitrogen and oxygen atoms in total. The lowest BCUT2D eigenvalue weighted by Crippen LogP contribution is -1.79. The maximum Gasteiger partial charge on any atom is -0.000000156 e. The molecule has 2 radical (unpaired) electrons. The van der Waals surface area contributed by atoms with Crippen molar-refractivity contribution in [2.45, 2.75) is 0 Å². The summed E-state index contributed by atoms with van der Waals surface area (Å²) in [5.74, 6) is 0. The molecule has 0 saturated heterocycles. The largest absolute Gasteiger partial charge is 0.102 e. The molecule has 0 bridgehead atoms. The lowest BCUT2D eigenvalue weighted by atomic mass is 28.3. The van der Waals surface area contributed by atoms with Gasteiger partial charge in [0, 0.05) is 0 Å². The molecule has 128 heavy (non-hydrogen) atoms. The van der Waals surface area contributed by atoms with Crippen molar-refractivity contribution in [3.05, 3.63) is 0 Å². The molecule has 0 spiro atoms. The Labute approximate surface area is 1000 Å². The number of hydrogen-bond donors (Lipinski definition) is 0. The zero-order chi connectivity index (χ0) is 101. The summed E-state index contributed by atoms with van der Waals surface area (Å²) >= 11 is 0. The topological polar surface area (TPSA) is 0 Å². The van der Waals surface area contributed by atoms with Crippen molar-refractivity contribution in [1.29, 1.82) is 0 Å². The van der Waals surface area contributed by atoms with Gasteiger partial charge in [0.25, 0.3) is 0 Å². The molecular formula is H128P128. The highest BCUT2D eigenvalue weighted by Gasteiger charge is 2.71. The van der Waals surface area contributed by atoms with E-state index in [9.17, 15) is 0 Å². The second-order valence-corrected chi connectivity index (χ2v) is 552. The van der Waals surface area contributed by atoms with Gasteiger partial charge in [-0.3, -0.25) is 0 Å². The van der Waals surface area contributed by atoms with Crippen LogP contribution < -0.4 is 0 Å². The Morgan fingerprint density at radius 1 is 0.0703 bits per heavy atom. The molecule has 0 aromatic carbocycles. The van der Waals surface area contributed by atoms with Crippen LogP contribution in [-0.4, -0.2) is 0 Å². The maximum absolute atomic E-state index is 4.94. The summed E-state index contributed by atoms with van der Waals surface area (Å²) in [6, 6.07) is 0. The zero-order valence-electron chi connectivity index (χ0n) is 65.5. The van der Waals surface area contributed by atoms with Crippen LogP contribution >= 0.6 is 1020 Å². The third kappa shape index (κ3) is 63.9. The first-order valence-corrected chi connectivity index (χ1v) is 262. The fourth-order valence-corrected chi connectivity index (χ4v) is 1930. The molecule has 0 aliphatic carbocycles. The van der Waals surface area contributed by atoms with Crippen molar-refractivity contribution in [3.8, 4) is 0 Å². The Balaban J connectivity index is 17.3. The van der Waals surface area contributed by atoms with E-state index in [0.717, 1.165) is 0 Å². The highest BCUT2D eigenvalue weighted by Crippen LogP contribution is 3.58. The van der Waals surface area contributed by atoms with E-state index >= 15 is 0 Å². The van der Waals surface area contributed by atoms with Crippen LogP contribution in [-0.2, 0) is 0 Å². The number of rotatable bonds is 62. The van der Waals surface area contributed by atoms with Gasteiger partial charge in [-0.2, -0.15) is 0 Å². The highest BCUT2D eigenvalue weighted by atomic mass is 33.7. The monoisotopic (exact) mass is 4090 g/mol. The summed E-state index contributed by atoms with van der Waals surface area (Å²) in [4.78, 5) is 0. The summed E-state index contributed by atoms with van der Waals surface area (Å²) in [6.45, 7) is -38.2. The molecule has 0 rings (SSSR count). The van der Waals surface area contributed by atoms with Crippen LogP contribution in [0.25, 0.3) is 0 Å². The average Bonchev–Trinajstić information content (AvgIpc) is 0.698. The summed E-state index contributed by atoms with van der Waals surface area (Å²) in [5, 5.41) is 0. The Morgan fingerprint density at radius 2 is 0.117 bits per heavy atom. The quantitative estimate of drug-likeness (QED) is 0.0533. The lowest BCUT2D eigenvalue weighted by molar-refractivity contribution is 4.27. The predicted molar refractivity (Wildman–Crippen MR) is 1060 cm³/mol. The average molecular weight is 4090 g/mol. The Bertz CT molecular complexity index is 2180. The van der Waals surface area contributed by atoms with E-state index < -0.39 is 440 Å².